The Hall–Kier alpha value is -3.56. The largest absolute Gasteiger partial charge is 0.458 e. The van der Waals surface area contributed by atoms with Gasteiger partial charge in [0.2, 0.25) is 0 Å². The Bertz CT molecular complexity index is 1340. The lowest BCUT2D eigenvalue weighted by atomic mass is 9.57. The number of esters is 3. The molecule has 9 nitrogen and oxygen atoms in total. The van der Waals surface area contributed by atoms with Crippen LogP contribution in [-0.4, -0.2) is 64.4 Å². The van der Waals surface area contributed by atoms with Gasteiger partial charge in [-0.2, -0.15) is 0 Å². The maximum absolute atomic E-state index is 14.0. The summed E-state index contributed by atoms with van der Waals surface area (Å²) in [6, 6.07) is 9.22. The van der Waals surface area contributed by atoms with Gasteiger partial charge in [-0.05, 0) is 66.5 Å². The zero-order valence-corrected chi connectivity index (χ0v) is 25.0. The molecule has 1 aromatic rings. The number of aliphatic hydroxyl groups excluding tert-OH is 2. The van der Waals surface area contributed by atoms with Gasteiger partial charge in [0.25, 0.3) is 0 Å². The standard InChI is InChI=1S/C33H40O9/c1-18-24(40-19(2)34)15-23-26(41-20(3)35)14-22-17-33(6,31(39)30(38)29(18)32(23,4)5)27(36)16-25(22)42-28(37)13-12-21-10-8-7-9-11-21/h7-14,23-27,30,36,38H,15-17H2,1-6H3/b13-12+,22-14+/t23?,24-,25-,26-,27-,30+,33-/m0/s1. The number of hydrogen-bond acceptors (Lipinski definition) is 9. The topological polar surface area (TPSA) is 136 Å². The molecule has 9 heteroatoms. The summed E-state index contributed by atoms with van der Waals surface area (Å²) >= 11 is 0. The molecule has 1 saturated carbocycles. The molecular formula is C33H40O9. The highest BCUT2D eigenvalue weighted by Crippen LogP contribution is 2.53. The van der Waals surface area contributed by atoms with E-state index in [1.807, 2.05) is 44.2 Å². The van der Waals surface area contributed by atoms with E-state index in [2.05, 4.69) is 0 Å². The van der Waals surface area contributed by atoms with Gasteiger partial charge < -0.3 is 24.4 Å². The van der Waals surface area contributed by atoms with E-state index in [0.717, 1.165) is 5.56 Å². The summed E-state index contributed by atoms with van der Waals surface area (Å²) in [6.45, 7) is 9.59. The first kappa shape index (κ1) is 31.4. The van der Waals surface area contributed by atoms with Crippen LogP contribution in [-0.2, 0) is 33.4 Å². The number of carbonyl (C=O) groups excluding carboxylic acids is 4. The van der Waals surface area contributed by atoms with Gasteiger partial charge >= 0.3 is 17.9 Å². The van der Waals surface area contributed by atoms with Crippen molar-refractivity contribution in [1.29, 1.82) is 0 Å². The van der Waals surface area contributed by atoms with Gasteiger partial charge in [0.05, 0.1) is 11.5 Å². The number of aliphatic hydroxyl groups is 2. The summed E-state index contributed by atoms with van der Waals surface area (Å²) < 4.78 is 17.2. The Morgan fingerprint density at radius 3 is 2.19 bits per heavy atom. The highest BCUT2D eigenvalue weighted by atomic mass is 16.6. The van der Waals surface area contributed by atoms with E-state index in [1.165, 1.54) is 19.9 Å². The summed E-state index contributed by atoms with van der Waals surface area (Å²) in [6.07, 6.45) is -0.588. The predicted octanol–water partition coefficient (Wildman–Crippen LogP) is 3.87. The second-order valence-corrected chi connectivity index (χ2v) is 12.4. The summed E-state index contributed by atoms with van der Waals surface area (Å²) in [4.78, 5) is 51.3. The van der Waals surface area contributed by atoms with Crippen LogP contribution in [0.3, 0.4) is 0 Å². The van der Waals surface area contributed by atoms with E-state index in [0.29, 0.717) is 16.7 Å². The number of carbonyl (C=O) groups is 4. The third-order valence-electron chi connectivity index (χ3n) is 9.09. The first-order valence-electron chi connectivity index (χ1n) is 14.3. The predicted molar refractivity (Wildman–Crippen MR) is 153 cm³/mol. The van der Waals surface area contributed by atoms with Gasteiger partial charge in [-0.25, -0.2) is 4.79 Å². The summed E-state index contributed by atoms with van der Waals surface area (Å²) in [7, 11) is 0. The van der Waals surface area contributed by atoms with Crippen molar-refractivity contribution in [2.45, 2.75) is 91.3 Å². The number of rotatable bonds is 5. The first-order valence-corrected chi connectivity index (χ1v) is 14.3. The molecule has 42 heavy (non-hydrogen) atoms. The zero-order valence-electron chi connectivity index (χ0n) is 25.0. The molecule has 1 aromatic carbocycles. The molecule has 0 saturated heterocycles. The van der Waals surface area contributed by atoms with Crippen LogP contribution in [0.5, 0.6) is 0 Å². The fraction of sp³-hybridized carbons (Fsp3) is 0.515. The second kappa shape index (κ2) is 12.0. The number of ketones is 1. The Labute approximate surface area is 246 Å². The molecule has 0 amide bonds. The highest BCUT2D eigenvalue weighted by Gasteiger charge is 2.56. The molecule has 1 fully saturated rings. The maximum atomic E-state index is 14.0. The third-order valence-corrected chi connectivity index (χ3v) is 9.09. The minimum atomic E-state index is -1.61. The van der Waals surface area contributed by atoms with Crippen LogP contribution in [0, 0.1) is 16.7 Å². The summed E-state index contributed by atoms with van der Waals surface area (Å²) in [5.41, 5.74) is -0.0597. The van der Waals surface area contributed by atoms with E-state index >= 15 is 0 Å². The minimum absolute atomic E-state index is 0.0188. The van der Waals surface area contributed by atoms with Gasteiger partial charge in [0.1, 0.15) is 24.4 Å². The molecule has 4 rings (SSSR count). The molecular weight excluding hydrogens is 540 g/mol. The average molecular weight is 581 g/mol. The fourth-order valence-corrected chi connectivity index (χ4v) is 6.83. The van der Waals surface area contributed by atoms with Crippen molar-refractivity contribution in [1.82, 2.24) is 0 Å². The van der Waals surface area contributed by atoms with Crippen LogP contribution in [0.1, 0.15) is 66.4 Å². The van der Waals surface area contributed by atoms with Crippen molar-refractivity contribution in [2.75, 3.05) is 0 Å². The lowest BCUT2D eigenvalue weighted by Crippen LogP contribution is -2.56. The molecule has 1 unspecified atom stereocenters. The molecule has 3 aliphatic rings. The van der Waals surface area contributed by atoms with Crippen molar-refractivity contribution >= 4 is 29.8 Å². The second-order valence-electron chi connectivity index (χ2n) is 12.4. The fourth-order valence-electron chi connectivity index (χ4n) is 6.83. The quantitative estimate of drug-likeness (QED) is 0.230. The molecule has 0 aromatic heterocycles. The van der Waals surface area contributed by atoms with Crippen molar-refractivity contribution < 1.29 is 43.6 Å². The van der Waals surface area contributed by atoms with Gasteiger partial charge in [0.15, 0.2) is 5.78 Å². The normalized spacial score (nSPS) is 33.8. The van der Waals surface area contributed by atoms with E-state index in [-0.39, 0.29) is 19.3 Å². The van der Waals surface area contributed by atoms with Crippen LogP contribution in [0.2, 0.25) is 0 Å². The first-order chi connectivity index (χ1) is 19.6. The minimum Gasteiger partial charge on any atom is -0.458 e. The SMILES string of the molecule is CC(=O)O[C@H]1CC2[C@@H](OC(C)=O)/C=C3\C[C@](C)(C(=O)[C@H](O)C(=C1C)C2(C)C)[C@@H](O)C[C@@H]3OC(=O)/C=C/c1ccccc1. The molecule has 0 aliphatic heterocycles. The molecule has 0 spiro atoms. The Morgan fingerprint density at radius 1 is 0.929 bits per heavy atom. The van der Waals surface area contributed by atoms with Crippen molar-refractivity contribution in [3.05, 3.63) is 64.8 Å². The number of hydrogen-bond donors (Lipinski definition) is 2. The Morgan fingerprint density at radius 2 is 1.57 bits per heavy atom. The molecule has 3 aliphatic carbocycles. The molecule has 4 bridgehead atoms. The Kier molecular flexibility index (Phi) is 8.94. The maximum Gasteiger partial charge on any atom is 0.331 e. The number of benzene rings is 1. The number of ether oxygens (including phenoxy) is 3. The number of fused-ring (bicyclic) bond motifs is 4. The molecule has 226 valence electrons. The number of Topliss-reactive ketones (excluding diaryl/α,β-unsaturated/α-hetero) is 1. The van der Waals surface area contributed by atoms with E-state index in [1.54, 1.807) is 26.0 Å². The summed E-state index contributed by atoms with van der Waals surface area (Å²) in [5.74, 6) is -2.80. The van der Waals surface area contributed by atoms with Crippen LogP contribution < -0.4 is 0 Å². The van der Waals surface area contributed by atoms with Gasteiger partial charge in [-0.1, -0.05) is 44.2 Å². The third kappa shape index (κ3) is 6.13. The molecule has 0 radical (unpaired) electrons. The monoisotopic (exact) mass is 580 g/mol. The van der Waals surface area contributed by atoms with E-state index in [9.17, 15) is 29.4 Å². The molecule has 2 N–H and O–H groups in total. The zero-order chi connectivity index (χ0) is 31.0. The van der Waals surface area contributed by atoms with Gasteiger partial charge in [0, 0.05) is 32.3 Å². The van der Waals surface area contributed by atoms with Crippen LogP contribution in [0.15, 0.2) is 59.2 Å². The van der Waals surface area contributed by atoms with E-state index in [4.69, 9.17) is 14.2 Å². The van der Waals surface area contributed by atoms with Gasteiger partial charge in [-0.3, -0.25) is 14.4 Å². The Balaban J connectivity index is 1.82. The van der Waals surface area contributed by atoms with Crippen LogP contribution >= 0.6 is 0 Å². The van der Waals surface area contributed by atoms with E-state index < -0.39 is 71.0 Å². The van der Waals surface area contributed by atoms with Crippen LogP contribution in [0.25, 0.3) is 6.08 Å². The van der Waals surface area contributed by atoms with Crippen molar-refractivity contribution in [3.63, 3.8) is 0 Å². The molecule has 0 heterocycles. The van der Waals surface area contributed by atoms with Crippen LogP contribution in [0.4, 0.5) is 0 Å². The molecule has 7 atom stereocenters. The van der Waals surface area contributed by atoms with Crippen molar-refractivity contribution in [3.8, 4) is 0 Å². The van der Waals surface area contributed by atoms with Crippen molar-refractivity contribution in [2.24, 2.45) is 16.7 Å². The lowest BCUT2D eigenvalue weighted by Gasteiger charge is -2.50. The smallest absolute Gasteiger partial charge is 0.331 e. The average Bonchev–Trinajstić information content (AvgIpc) is 2.90. The highest BCUT2D eigenvalue weighted by molar-refractivity contribution is 5.93. The summed E-state index contributed by atoms with van der Waals surface area (Å²) in [5, 5.41) is 22.9. The lowest BCUT2D eigenvalue weighted by molar-refractivity contribution is -0.157. The van der Waals surface area contributed by atoms with Gasteiger partial charge in [-0.15, -0.1) is 0 Å².